The zero-order valence-corrected chi connectivity index (χ0v) is 7.87. The predicted molar refractivity (Wildman–Crippen MR) is 48.0 cm³/mol. The number of carboxylic acid groups (broad SMARTS) is 1. The molecule has 1 N–H and O–H groups in total. The van der Waals surface area contributed by atoms with Crippen molar-refractivity contribution >= 4 is 23.6 Å². The van der Waals surface area contributed by atoms with Gasteiger partial charge in [0, 0.05) is 6.20 Å². The van der Waals surface area contributed by atoms with Crippen molar-refractivity contribution in [2.45, 2.75) is 23.5 Å². The van der Waals surface area contributed by atoms with Crippen LogP contribution in [0.25, 0.3) is 0 Å². The normalized spacial score (nSPS) is 36.8. The van der Waals surface area contributed by atoms with E-state index in [2.05, 4.69) is 0 Å². The van der Waals surface area contributed by atoms with Gasteiger partial charge in [-0.1, -0.05) is 0 Å². The lowest BCUT2D eigenvalue weighted by Gasteiger charge is -2.44. The van der Waals surface area contributed by atoms with E-state index < -0.39 is 10.7 Å². The molecule has 0 bridgehead atoms. The molecule has 2 atom stereocenters. The van der Waals surface area contributed by atoms with Crippen molar-refractivity contribution in [3.8, 4) is 0 Å². The molecule has 1 fully saturated rings. The largest absolute Gasteiger partial charge is 0.480 e. The molecule has 1 saturated heterocycles. The van der Waals surface area contributed by atoms with Crippen molar-refractivity contribution in [3.05, 3.63) is 12.3 Å². The first-order chi connectivity index (χ1) is 6.03. The van der Waals surface area contributed by atoms with Crippen LogP contribution < -0.4 is 0 Å². The lowest BCUT2D eigenvalue weighted by atomic mass is 10.1. The van der Waals surface area contributed by atoms with Gasteiger partial charge in [0.25, 0.3) is 0 Å². The molecule has 0 aromatic heterocycles. The Morgan fingerprint density at radius 2 is 2.54 bits per heavy atom. The molecule has 0 saturated carbocycles. The number of carbonyl (C=O) groups excluding carboxylic acids is 1. The smallest absolute Gasteiger partial charge is 0.323 e. The summed E-state index contributed by atoms with van der Waals surface area (Å²) in [6.45, 7) is 1.65. The summed E-state index contributed by atoms with van der Waals surface area (Å²) in [5.74, 6) is -0.783. The minimum absolute atomic E-state index is 0.0265. The Morgan fingerprint density at radius 3 is 3.00 bits per heavy atom. The third-order valence-electron chi connectivity index (χ3n) is 2.31. The van der Waals surface area contributed by atoms with Crippen molar-refractivity contribution in [1.82, 2.24) is 4.90 Å². The molecule has 0 aromatic carbocycles. The fourth-order valence-corrected chi connectivity index (χ4v) is 2.68. The number of rotatable bonds is 1. The van der Waals surface area contributed by atoms with Crippen molar-refractivity contribution < 1.29 is 14.7 Å². The molecule has 1 amide bonds. The lowest BCUT2D eigenvalue weighted by molar-refractivity contribution is -0.140. The van der Waals surface area contributed by atoms with Crippen LogP contribution >= 0.6 is 11.8 Å². The van der Waals surface area contributed by atoms with E-state index in [0.717, 1.165) is 0 Å². The minimum atomic E-state index is -0.873. The topological polar surface area (TPSA) is 57.6 Å². The van der Waals surface area contributed by atoms with Crippen LogP contribution in [0.15, 0.2) is 12.3 Å². The van der Waals surface area contributed by atoms with E-state index in [0.29, 0.717) is 6.42 Å². The number of β-lactam (4-membered cyclic amide) rings is 1. The highest BCUT2D eigenvalue weighted by molar-refractivity contribution is 8.02. The monoisotopic (exact) mass is 199 g/mol. The van der Waals surface area contributed by atoms with Gasteiger partial charge in [0.1, 0.15) is 4.75 Å². The number of fused-ring (bicyclic) bond motifs is 1. The van der Waals surface area contributed by atoms with Crippen LogP contribution in [-0.2, 0) is 9.59 Å². The van der Waals surface area contributed by atoms with E-state index in [1.807, 2.05) is 0 Å². The van der Waals surface area contributed by atoms with Gasteiger partial charge < -0.3 is 10.0 Å². The third kappa shape index (κ3) is 1.14. The molecule has 2 rings (SSSR count). The second-order valence-electron chi connectivity index (χ2n) is 3.31. The van der Waals surface area contributed by atoms with Crippen LogP contribution in [0.3, 0.4) is 0 Å². The molecule has 0 spiro atoms. The highest BCUT2D eigenvalue weighted by atomic mass is 32.2. The molecule has 0 aliphatic carbocycles. The molecular weight excluding hydrogens is 190 g/mol. The van der Waals surface area contributed by atoms with Crippen LogP contribution in [0.4, 0.5) is 0 Å². The van der Waals surface area contributed by atoms with Gasteiger partial charge in [-0.05, 0) is 13.0 Å². The standard InChI is InChI=1S/C8H9NO3S/c1-8(7(11)12)2-3-9-5(10)4-6(9)13-8/h2-3,6H,4H2,1H3,(H,11,12)/t6-,8?/m1/s1. The maximum Gasteiger partial charge on any atom is 0.323 e. The maximum absolute atomic E-state index is 11.0. The molecule has 5 heteroatoms. The van der Waals surface area contributed by atoms with Crippen molar-refractivity contribution in [2.24, 2.45) is 0 Å². The second kappa shape index (κ2) is 2.51. The third-order valence-corrected chi connectivity index (χ3v) is 3.77. The number of nitrogens with zero attached hydrogens (tertiary/aromatic N) is 1. The number of amides is 1. The van der Waals surface area contributed by atoms with Gasteiger partial charge in [-0.25, -0.2) is 0 Å². The van der Waals surface area contributed by atoms with Crippen LogP contribution in [0.2, 0.25) is 0 Å². The molecule has 0 aromatic rings. The lowest BCUT2D eigenvalue weighted by Crippen LogP contribution is -2.52. The number of aliphatic carboxylic acids is 1. The van der Waals surface area contributed by atoms with Gasteiger partial charge in [-0.2, -0.15) is 0 Å². The van der Waals surface area contributed by atoms with E-state index in [1.54, 1.807) is 24.1 Å². The van der Waals surface area contributed by atoms with Gasteiger partial charge in [0.2, 0.25) is 5.91 Å². The Balaban J connectivity index is 2.22. The average molecular weight is 199 g/mol. The zero-order valence-electron chi connectivity index (χ0n) is 7.06. The molecule has 4 nitrogen and oxygen atoms in total. The zero-order chi connectivity index (χ0) is 9.64. The molecule has 2 aliphatic heterocycles. The first-order valence-electron chi connectivity index (χ1n) is 3.95. The van der Waals surface area contributed by atoms with E-state index in [9.17, 15) is 9.59 Å². The maximum atomic E-state index is 11.0. The molecule has 2 heterocycles. The van der Waals surface area contributed by atoms with Crippen molar-refractivity contribution in [2.75, 3.05) is 0 Å². The fourth-order valence-electron chi connectivity index (χ4n) is 1.34. The van der Waals surface area contributed by atoms with E-state index in [4.69, 9.17) is 5.11 Å². The SMILES string of the molecule is CC1(C(=O)O)C=CN2C(=O)C[C@H]2S1. The quantitative estimate of drug-likeness (QED) is 0.630. The number of thioether (sulfide) groups is 1. The summed E-state index contributed by atoms with van der Waals surface area (Å²) in [4.78, 5) is 23.4. The van der Waals surface area contributed by atoms with E-state index in [1.165, 1.54) is 11.8 Å². The molecule has 70 valence electrons. The van der Waals surface area contributed by atoms with Gasteiger partial charge in [-0.15, -0.1) is 11.8 Å². The number of hydrogen-bond donors (Lipinski definition) is 1. The summed E-state index contributed by atoms with van der Waals surface area (Å²) in [6, 6.07) is 0. The summed E-state index contributed by atoms with van der Waals surface area (Å²) in [7, 11) is 0. The van der Waals surface area contributed by atoms with E-state index >= 15 is 0 Å². The Hall–Kier alpha value is -0.970. The Kier molecular flexibility index (Phi) is 1.66. The summed E-state index contributed by atoms with van der Waals surface area (Å²) < 4.78 is -0.873. The molecule has 0 radical (unpaired) electrons. The Morgan fingerprint density at radius 1 is 1.85 bits per heavy atom. The van der Waals surface area contributed by atoms with Crippen molar-refractivity contribution in [3.63, 3.8) is 0 Å². The van der Waals surface area contributed by atoms with Crippen LogP contribution in [0.5, 0.6) is 0 Å². The van der Waals surface area contributed by atoms with Gasteiger partial charge in [0.05, 0.1) is 11.8 Å². The predicted octanol–water partition coefficient (Wildman–Crippen LogP) is 0.649. The Labute approximate surface area is 79.6 Å². The molecule has 13 heavy (non-hydrogen) atoms. The van der Waals surface area contributed by atoms with Crippen LogP contribution in [-0.4, -0.2) is 32.0 Å². The molecule has 1 unspecified atom stereocenters. The Bertz CT molecular complexity index is 315. The molecule has 2 aliphatic rings. The highest BCUT2D eigenvalue weighted by Crippen LogP contribution is 2.43. The number of hydrogen-bond acceptors (Lipinski definition) is 3. The highest BCUT2D eigenvalue weighted by Gasteiger charge is 2.46. The van der Waals surface area contributed by atoms with Gasteiger partial charge in [-0.3, -0.25) is 9.59 Å². The summed E-state index contributed by atoms with van der Waals surface area (Å²) in [5.41, 5.74) is 0. The first-order valence-corrected chi connectivity index (χ1v) is 4.83. The van der Waals surface area contributed by atoms with Crippen LogP contribution in [0.1, 0.15) is 13.3 Å². The second-order valence-corrected chi connectivity index (χ2v) is 4.93. The average Bonchev–Trinajstić information content (AvgIpc) is 2.02. The molecular formula is C8H9NO3S. The summed E-state index contributed by atoms with van der Waals surface area (Å²) in [5, 5.41) is 8.94. The van der Waals surface area contributed by atoms with E-state index in [-0.39, 0.29) is 11.3 Å². The van der Waals surface area contributed by atoms with Crippen molar-refractivity contribution in [1.29, 1.82) is 0 Å². The van der Waals surface area contributed by atoms with Crippen LogP contribution in [0, 0.1) is 0 Å². The fraction of sp³-hybridized carbons (Fsp3) is 0.500. The van der Waals surface area contributed by atoms with Gasteiger partial charge in [0.15, 0.2) is 0 Å². The van der Waals surface area contributed by atoms with Gasteiger partial charge >= 0.3 is 5.97 Å². The number of carboxylic acids is 1. The summed E-state index contributed by atoms with van der Waals surface area (Å²) >= 11 is 1.31. The first kappa shape index (κ1) is 8.62. The summed E-state index contributed by atoms with van der Waals surface area (Å²) in [6.07, 6.45) is 3.60. The number of carbonyl (C=O) groups is 2. The minimum Gasteiger partial charge on any atom is -0.480 e.